The van der Waals surface area contributed by atoms with E-state index in [1.54, 1.807) is 19.1 Å². The van der Waals surface area contributed by atoms with Crippen molar-refractivity contribution in [2.24, 2.45) is 0 Å². The minimum atomic E-state index is -0.818. The Bertz CT molecular complexity index is 335. The molecule has 1 aromatic carbocycles. The standard InChI is InChI=1S/C11H14ClNO2/c1-7(11(14)15)9-3-5-10(6-4-9)13-8(2)12/h3-8,13H,1-2H3,(H,14,15). The zero-order valence-electron chi connectivity index (χ0n) is 8.70. The van der Waals surface area contributed by atoms with Crippen molar-refractivity contribution in [2.75, 3.05) is 5.32 Å². The van der Waals surface area contributed by atoms with Gasteiger partial charge in [0.05, 0.1) is 11.4 Å². The van der Waals surface area contributed by atoms with Crippen LogP contribution in [0, 0.1) is 0 Å². The number of anilines is 1. The maximum Gasteiger partial charge on any atom is 0.310 e. The molecule has 15 heavy (non-hydrogen) atoms. The molecule has 0 aromatic heterocycles. The molecular weight excluding hydrogens is 214 g/mol. The van der Waals surface area contributed by atoms with E-state index in [4.69, 9.17) is 16.7 Å². The van der Waals surface area contributed by atoms with Crippen molar-refractivity contribution in [2.45, 2.75) is 25.3 Å². The highest BCUT2D eigenvalue weighted by atomic mass is 35.5. The van der Waals surface area contributed by atoms with Crippen LogP contribution in [0.3, 0.4) is 0 Å². The van der Waals surface area contributed by atoms with E-state index in [2.05, 4.69) is 5.32 Å². The van der Waals surface area contributed by atoms with Crippen LogP contribution in [0.4, 0.5) is 5.69 Å². The Kier molecular flexibility index (Phi) is 3.97. The number of rotatable bonds is 4. The lowest BCUT2D eigenvalue weighted by Gasteiger charge is -2.10. The van der Waals surface area contributed by atoms with Crippen LogP contribution in [-0.2, 0) is 4.79 Å². The Morgan fingerprint density at radius 2 is 1.87 bits per heavy atom. The molecule has 1 aromatic rings. The molecule has 3 nitrogen and oxygen atoms in total. The van der Waals surface area contributed by atoms with Gasteiger partial charge in [0, 0.05) is 5.69 Å². The van der Waals surface area contributed by atoms with Crippen molar-refractivity contribution < 1.29 is 9.90 Å². The van der Waals surface area contributed by atoms with Gasteiger partial charge in [-0.15, -0.1) is 0 Å². The summed E-state index contributed by atoms with van der Waals surface area (Å²) >= 11 is 5.76. The van der Waals surface area contributed by atoms with Crippen LogP contribution < -0.4 is 5.32 Å². The van der Waals surface area contributed by atoms with Crippen molar-refractivity contribution in [1.29, 1.82) is 0 Å². The first-order valence-electron chi connectivity index (χ1n) is 4.74. The van der Waals surface area contributed by atoms with Crippen LogP contribution in [0.1, 0.15) is 25.3 Å². The fourth-order valence-corrected chi connectivity index (χ4v) is 1.37. The number of hydrogen-bond donors (Lipinski definition) is 2. The number of alkyl halides is 1. The summed E-state index contributed by atoms with van der Waals surface area (Å²) < 4.78 is 0. The van der Waals surface area contributed by atoms with E-state index in [-0.39, 0.29) is 5.50 Å². The van der Waals surface area contributed by atoms with Gasteiger partial charge < -0.3 is 10.4 Å². The van der Waals surface area contributed by atoms with E-state index in [1.807, 2.05) is 19.1 Å². The average Bonchev–Trinajstić information content (AvgIpc) is 2.17. The lowest BCUT2D eigenvalue weighted by atomic mass is 10.0. The van der Waals surface area contributed by atoms with Gasteiger partial charge in [-0.1, -0.05) is 23.7 Å². The summed E-state index contributed by atoms with van der Waals surface area (Å²) in [5.41, 5.74) is 1.53. The summed E-state index contributed by atoms with van der Waals surface area (Å²) in [6.45, 7) is 3.49. The number of hydrogen-bond acceptors (Lipinski definition) is 2. The van der Waals surface area contributed by atoms with Crippen LogP contribution in [0.2, 0.25) is 0 Å². The maximum atomic E-state index is 10.7. The summed E-state index contributed by atoms with van der Waals surface area (Å²) in [7, 11) is 0. The molecule has 0 heterocycles. The second kappa shape index (κ2) is 5.03. The van der Waals surface area contributed by atoms with E-state index in [0.717, 1.165) is 11.3 Å². The van der Waals surface area contributed by atoms with E-state index >= 15 is 0 Å². The van der Waals surface area contributed by atoms with Gasteiger partial charge in [0.2, 0.25) is 0 Å². The predicted molar refractivity (Wildman–Crippen MR) is 61.4 cm³/mol. The molecule has 0 aliphatic carbocycles. The lowest BCUT2D eigenvalue weighted by Crippen LogP contribution is -2.09. The number of aliphatic carboxylic acids is 1. The maximum absolute atomic E-state index is 10.7. The van der Waals surface area contributed by atoms with Crippen molar-refractivity contribution in [3.05, 3.63) is 29.8 Å². The largest absolute Gasteiger partial charge is 0.481 e. The van der Waals surface area contributed by atoms with Gasteiger partial charge in [0.1, 0.15) is 0 Å². The second-order valence-electron chi connectivity index (χ2n) is 3.44. The second-order valence-corrected chi connectivity index (χ2v) is 4.10. The summed E-state index contributed by atoms with van der Waals surface area (Å²) in [6.07, 6.45) is 0. The number of benzene rings is 1. The SMILES string of the molecule is CC(Cl)Nc1ccc(C(C)C(=O)O)cc1. The fourth-order valence-electron chi connectivity index (χ4n) is 1.24. The zero-order valence-corrected chi connectivity index (χ0v) is 9.45. The fraction of sp³-hybridized carbons (Fsp3) is 0.364. The molecular formula is C11H14ClNO2. The molecule has 0 spiro atoms. The number of carboxylic acid groups (broad SMARTS) is 1. The van der Waals surface area contributed by atoms with Gasteiger partial charge in [-0.25, -0.2) is 0 Å². The van der Waals surface area contributed by atoms with E-state index < -0.39 is 11.9 Å². The molecule has 2 unspecified atom stereocenters. The Balaban J connectivity index is 2.76. The highest BCUT2D eigenvalue weighted by Gasteiger charge is 2.12. The Hall–Kier alpha value is -1.22. The number of nitrogens with one attached hydrogen (secondary N) is 1. The summed E-state index contributed by atoms with van der Waals surface area (Å²) in [5.74, 6) is -1.30. The smallest absolute Gasteiger partial charge is 0.310 e. The van der Waals surface area contributed by atoms with Crippen LogP contribution in [-0.4, -0.2) is 16.6 Å². The van der Waals surface area contributed by atoms with Crippen molar-refractivity contribution >= 4 is 23.3 Å². The molecule has 0 saturated heterocycles. The van der Waals surface area contributed by atoms with E-state index in [9.17, 15) is 4.79 Å². The molecule has 2 N–H and O–H groups in total. The normalized spacial score (nSPS) is 14.3. The number of carboxylic acids is 1. The van der Waals surface area contributed by atoms with Crippen molar-refractivity contribution in [1.82, 2.24) is 0 Å². The third-order valence-corrected chi connectivity index (χ3v) is 2.26. The highest BCUT2D eigenvalue weighted by Crippen LogP contribution is 2.18. The van der Waals surface area contributed by atoms with Crippen molar-refractivity contribution in [3.63, 3.8) is 0 Å². The molecule has 82 valence electrons. The van der Waals surface area contributed by atoms with Gasteiger partial charge in [-0.3, -0.25) is 4.79 Å². The van der Waals surface area contributed by atoms with Crippen LogP contribution in [0.15, 0.2) is 24.3 Å². The Morgan fingerprint density at radius 1 is 1.33 bits per heavy atom. The molecule has 0 radical (unpaired) electrons. The summed E-state index contributed by atoms with van der Waals surface area (Å²) in [5, 5.41) is 11.8. The molecule has 0 fully saturated rings. The zero-order chi connectivity index (χ0) is 11.4. The van der Waals surface area contributed by atoms with Gasteiger partial charge in [0.15, 0.2) is 0 Å². The number of carbonyl (C=O) groups is 1. The highest BCUT2D eigenvalue weighted by molar-refractivity contribution is 6.21. The number of halogens is 1. The Morgan fingerprint density at radius 3 is 2.27 bits per heavy atom. The van der Waals surface area contributed by atoms with Crippen molar-refractivity contribution in [3.8, 4) is 0 Å². The van der Waals surface area contributed by atoms with Gasteiger partial charge in [0.25, 0.3) is 0 Å². The first-order valence-corrected chi connectivity index (χ1v) is 5.17. The quantitative estimate of drug-likeness (QED) is 0.614. The summed E-state index contributed by atoms with van der Waals surface area (Å²) in [6, 6.07) is 7.24. The van der Waals surface area contributed by atoms with Crippen LogP contribution in [0.5, 0.6) is 0 Å². The monoisotopic (exact) mass is 227 g/mol. The minimum absolute atomic E-state index is 0.146. The molecule has 0 aliphatic heterocycles. The lowest BCUT2D eigenvalue weighted by molar-refractivity contribution is -0.138. The van der Waals surface area contributed by atoms with E-state index in [1.165, 1.54) is 0 Å². The molecule has 0 bridgehead atoms. The average molecular weight is 228 g/mol. The third-order valence-electron chi connectivity index (χ3n) is 2.15. The van der Waals surface area contributed by atoms with Crippen LogP contribution >= 0.6 is 11.6 Å². The van der Waals surface area contributed by atoms with E-state index in [0.29, 0.717) is 0 Å². The van der Waals surface area contributed by atoms with Gasteiger partial charge >= 0.3 is 5.97 Å². The first kappa shape index (κ1) is 11.9. The molecule has 4 heteroatoms. The minimum Gasteiger partial charge on any atom is -0.481 e. The van der Waals surface area contributed by atoms with Gasteiger partial charge in [-0.05, 0) is 31.5 Å². The first-order chi connectivity index (χ1) is 7.00. The Labute approximate surface area is 94.1 Å². The molecule has 0 aliphatic rings. The molecule has 2 atom stereocenters. The topological polar surface area (TPSA) is 49.3 Å². The van der Waals surface area contributed by atoms with Crippen LogP contribution in [0.25, 0.3) is 0 Å². The molecule has 1 rings (SSSR count). The third kappa shape index (κ3) is 3.44. The summed E-state index contributed by atoms with van der Waals surface area (Å²) in [4.78, 5) is 10.7. The van der Waals surface area contributed by atoms with Gasteiger partial charge in [-0.2, -0.15) is 0 Å². The predicted octanol–water partition coefficient (Wildman–Crippen LogP) is 2.87. The molecule has 0 saturated carbocycles. The molecule has 0 amide bonds.